The largest absolute Gasteiger partial charge is 0.358 e. The molecule has 0 heterocycles. The van der Waals surface area contributed by atoms with Crippen molar-refractivity contribution in [2.45, 2.75) is 0 Å². The zero-order valence-electron chi connectivity index (χ0n) is 6.84. The Kier molecular flexibility index (Phi) is 4.62. The Morgan fingerprint density at radius 1 is 1.33 bits per heavy atom. The van der Waals surface area contributed by atoms with Gasteiger partial charge in [-0.05, 0) is 0 Å². The summed E-state index contributed by atoms with van der Waals surface area (Å²) < 4.78 is 29.7. The van der Waals surface area contributed by atoms with Gasteiger partial charge in [0.2, 0.25) is 0 Å². The van der Waals surface area contributed by atoms with Gasteiger partial charge in [0.1, 0.15) is 0 Å². The molecule has 6 nitrogen and oxygen atoms in total. The Hall–Kier alpha value is 0.300. The Bertz CT molecular complexity index is 212. The molecule has 0 saturated carbocycles. The standard InChI is InChI=1S/C4H12O6P2/c1-9-12(8,10-5)4-3-11(2,6)7/h5H,3-4H2,1-2H3,(H,6,7). The van der Waals surface area contributed by atoms with Crippen LogP contribution in [0.3, 0.4) is 0 Å². The van der Waals surface area contributed by atoms with Crippen molar-refractivity contribution < 1.29 is 28.5 Å². The number of hydrogen-bond acceptors (Lipinski definition) is 5. The number of rotatable bonds is 5. The summed E-state index contributed by atoms with van der Waals surface area (Å²) in [5.74, 6) is 0. The molecule has 8 heteroatoms. The van der Waals surface area contributed by atoms with Gasteiger partial charge in [0.25, 0.3) is 0 Å². The van der Waals surface area contributed by atoms with E-state index in [0.29, 0.717) is 0 Å². The molecule has 0 aliphatic carbocycles. The van der Waals surface area contributed by atoms with Crippen molar-refractivity contribution >= 4 is 15.0 Å². The first-order chi connectivity index (χ1) is 5.33. The molecule has 2 unspecified atom stereocenters. The van der Waals surface area contributed by atoms with Gasteiger partial charge in [0.15, 0.2) is 7.37 Å². The summed E-state index contributed by atoms with van der Waals surface area (Å²) in [7, 11) is -5.69. The van der Waals surface area contributed by atoms with Crippen LogP contribution >= 0.6 is 15.0 Å². The van der Waals surface area contributed by atoms with E-state index in [1.165, 1.54) is 0 Å². The SMILES string of the molecule is COP(=O)(CCP(C)(=O)O)OO. The molecule has 0 aliphatic heterocycles. The molecule has 0 aromatic carbocycles. The predicted molar refractivity (Wildman–Crippen MR) is 43.8 cm³/mol. The summed E-state index contributed by atoms with van der Waals surface area (Å²) in [6, 6.07) is 0. The Morgan fingerprint density at radius 3 is 2.08 bits per heavy atom. The van der Waals surface area contributed by atoms with Gasteiger partial charge in [-0.3, -0.25) is 9.13 Å². The minimum atomic E-state index is -3.55. The van der Waals surface area contributed by atoms with Gasteiger partial charge in [-0.15, -0.1) is 0 Å². The van der Waals surface area contributed by atoms with Crippen LogP contribution in [0.2, 0.25) is 0 Å². The molecule has 0 aromatic heterocycles. The average Bonchev–Trinajstić information content (AvgIpc) is 1.99. The van der Waals surface area contributed by atoms with Crippen LogP contribution in [0.4, 0.5) is 0 Å². The molecule has 0 saturated heterocycles. The van der Waals surface area contributed by atoms with E-state index in [2.05, 4.69) is 9.20 Å². The van der Waals surface area contributed by atoms with Crippen LogP contribution in [0.15, 0.2) is 0 Å². The lowest BCUT2D eigenvalue weighted by Crippen LogP contribution is -2.00. The molecule has 0 bridgehead atoms. The van der Waals surface area contributed by atoms with Gasteiger partial charge >= 0.3 is 7.60 Å². The van der Waals surface area contributed by atoms with Crippen LogP contribution in [-0.2, 0) is 18.3 Å². The summed E-state index contributed by atoms with van der Waals surface area (Å²) in [5, 5.41) is 8.12. The van der Waals surface area contributed by atoms with Gasteiger partial charge in [-0.2, -0.15) is 4.67 Å². The smallest absolute Gasteiger partial charge is 0.344 e. The van der Waals surface area contributed by atoms with Gasteiger partial charge in [-0.25, -0.2) is 5.26 Å². The molecule has 0 amide bonds. The van der Waals surface area contributed by atoms with Crippen LogP contribution in [0.5, 0.6) is 0 Å². The van der Waals surface area contributed by atoms with E-state index in [9.17, 15) is 9.13 Å². The molecule has 2 atom stereocenters. The van der Waals surface area contributed by atoms with E-state index in [1.807, 2.05) is 0 Å². The van der Waals surface area contributed by atoms with E-state index in [4.69, 9.17) is 10.2 Å². The van der Waals surface area contributed by atoms with Crippen LogP contribution in [0.1, 0.15) is 0 Å². The second-order valence-electron chi connectivity index (χ2n) is 2.37. The van der Waals surface area contributed by atoms with Gasteiger partial charge < -0.3 is 9.42 Å². The van der Waals surface area contributed by atoms with Gasteiger partial charge in [0.05, 0.1) is 6.16 Å². The average molecular weight is 218 g/mol. The summed E-state index contributed by atoms with van der Waals surface area (Å²) in [4.78, 5) is 8.81. The summed E-state index contributed by atoms with van der Waals surface area (Å²) in [6.45, 7) is 1.13. The molecule has 0 fully saturated rings. The van der Waals surface area contributed by atoms with Crippen molar-refractivity contribution in [3.63, 3.8) is 0 Å². The maximum Gasteiger partial charge on any atom is 0.358 e. The quantitative estimate of drug-likeness (QED) is 0.409. The van der Waals surface area contributed by atoms with Crippen molar-refractivity contribution in [2.24, 2.45) is 0 Å². The minimum Gasteiger partial charge on any atom is -0.344 e. The number of hydrogen-bond donors (Lipinski definition) is 2. The highest BCUT2D eigenvalue weighted by Crippen LogP contribution is 2.49. The lowest BCUT2D eigenvalue weighted by atomic mass is 11.0. The first-order valence-electron chi connectivity index (χ1n) is 3.10. The maximum atomic E-state index is 11.1. The molecule has 0 aromatic rings. The summed E-state index contributed by atoms with van der Waals surface area (Å²) in [6.07, 6.45) is -0.483. The second-order valence-corrected chi connectivity index (χ2v) is 7.12. The van der Waals surface area contributed by atoms with Crippen molar-refractivity contribution in [1.82, 2.24) is 0 Å². The third-order valence-electron chi connectivity index (χ3n) is 1.19. The van der Waals surface area contributed by atoms with E-state index < -0.39 is 15.0 Å². The van der Waals surface area contributed by atoms with Crippen LogP contribution < -0.4 is 0 Å². The zero-order chi connectivity index (χ0) is 9.83. The van der Waals surface area contributed by atoms with Crippen molar-refractivity contribution in [1.29, 1.82) is 0 Å². The van der Waals surface area contributed by atoms with Crippen molar-refractivity contribution in [2.75, 3.05) is 26.1 Å². The normalized spacial score (nSPS) is 21.3. The fourth-order valence-corrected chi connectivity index (χ4v) is 3.27. The highest BCUT2D eigenvalue weighted by atomic mass is 31.2. The van der Waals surface area contributed by atoms with E-state index in [-0.39, 0.29) is 12.3 Å². The molecule has 12 heavy (non-hydrogen) atoms. The first kappa shape index (κ1) is 12.3. The van der Waals surface area contributed by atoms with Gasteiger partial charge in [0, 0.05) is 19.9 Å². The first-order valence-corrected chi connectivity index (χ1v) is 7.12. The Morgan fingerprint density at radius 2 is 1.83 bits per heavy atom. The van der Waals surface area contributed by atoms with Crippen LogP contribution in [-0.4, -0.2) is 36.2 Å². The third-order valence-corrected chi connectivity index (χ3v) is 4.17. The second kappa shape index (κ2) is 4.51. The molecular formula is C4H12O6P2. The third kappa shape index (κ3) is 5.04. The molecule has 2 N–H and O–H groups in total. The lowest BCUT2D eigenvalue weighted by Gasteiger charge is -2.12. The maximum absolute atomic E-state index is 11.1. The zero-order valence-corrected chi connectivity index (χ0v) is 8.62. The molecule has 0 radical (unpaired) electrons. The highest BCUT2D eigenvalue weighted by Gasteiger charge is 2.26. The van der Waals surface area contributed by atoms with Crippen LogP contribution in [0.25, 0.3) is 0 Å². The molecule has 0 spiro atoms. The Labute approximate surface area is 70.4 Å². The van der Waals surface area contributed by atoms with Crippen LogP contribution in [0, 0.1) is 0 Å². The van der Waals surface area contributed by atoms with Crippen molar-refractivity contribution in [3.8, 4) is 0 Å². The molecule has 74 valence electrons. The molecular weight excluding hydrogens is 206 g/mol. The summed E-state index contributed by atoms with van der Waals surface area (Å²) in [5.41, 5.74) is 0. The minimum absolute atomic E-state index is 0.210. The van der Waals surface area contributed by atoms with Gasteiger partial charge in [-0.1, -0.05) is 0 Å². The predicted octanol–water partition coefficient (Wildman–Crippen LogP) is 1.22. The molecule has 0 rings (SSSR count). The molecule has 0 aliphatic rings. The Balaban J connectivity index is 4.08. The highest BCUT2D eigenvalue weighted by molar-refractivity contribution is 7.59. The fourth-order valence-electron chi connectivity index (χ4n) is 0.473. The monoisotopic (exact) mass is 218 g/mol. The fraction of sp³-hybridized carbons (Fsp3) is 1.00. The van der Waals surface area contributed by atoms with E-state index in [0.717, 1.165) is 13.8 Å². The van der Waals surface area contributed by atoms with E-state index >= 15 is 0 Å². The van der Waals surface area contributed by atoms with Crippen molar-refractivity contribution in [3.05, 3.63) is 0 Å². The van der Waals surface area contributed by atoms with E-state index in [1.54, 1.807) is 0 Å². The lowest BCUT2D eigenvalue weighted by molar-refractivity contribution is -0.147. The summed E-state index contributed by atoms with van der Waals surface area (Å²) >= 11 is 0. The topological polar surface area (TPSA) is 93.1 Å².